The number of rotatable bonds is 2. The van der Waals surface area contributed by atoms with Gasteiger partial charge in [-0.3, -0.25) is 0 Å². The Morgan fingerprint density at radius 1 is 1.24 bits per heavy atom. The van der Waals surface area contributed by atoms with E-state index in [1.165, 1.54) is 24.1 Å². The quantitative estimate of drug-likeness (QED) is 0.822. The largest absolute Gasteiger partial charge is 0.493 e. The molecule has 3 N–H and O–H groups in total. The smallest absolute Gasteiger partial charge is 0.122 e. The van der Waals surface area contributed by atoms with Crippen LogP contribution < -0.4 is 15.8 Å². The first kappa shape index (κ1) is 10.9. The fourth-order valence-electron chi connectivity index (χ4n) is 2.83. The minimum absolute atomic E-state index is 0.308. The molecule has 1 aromatic rings. The number of aryl methyl sites for hydroxylation is 1. The molecule has 1 saturated carbocycles. The molecule has 17 heavy (non-hydrogen) atoms. The van der Waals surface area contributed by atoms with Gasteiger partial charge in [-0.25, -0.2) is 0 Å². The third-order valence-electron chi connectivity index (χ3n) is 3.83. The summed E-state index contributed by atoms with van der Waals surface area (Å²) >= 11 is 0. The topological polar surface area (TPSA) is 47.3 Å². The molecule has 0 bridgehead atoms. The summed E-state index contributed by atoms with van der Waals surface area (Å²) in [5.74, 6) is 1.05. The monoisotopic (exact) mass is 232 g/mol. The molecule has 2 aliphatic rings. The zero-order valence-electron chi connectivity index (χ0n) is 10.1. The highest BCUT2D eigenvalue weighted by Crippen LogP contribution is 2.29. The van der Waals surface area contributed by atoms with E-state index in [1.807, 2.05) is 0 Å². The maximum atomic E-state index is 6.08. The van der Waals surface area contributed by atoms with Crippen molar-refractivity contribution in [1.29, 1.82) is 0 Å². The van der Waals surface area contributed by atoms with E-state index >= 15 is 0 Å². The van der Waals surface area contributed by atoms with Crippen molar-refractivity contribution in [3.8, 4) is 5.75 Å². The lowest BCUT2D eigenvalue weighted by molar-refractivity contribution is 0.288. The molecule has 3 heteroatoms. The van der Waals surface area contributed by atoms with Gasteiger partial charge in [-0.15, -0.1) is 0 Å². The second kappa shape index (κ2) is 4.57. The average Bonchev–Trinajstić information content (AvgIpc) is 2.75. The number of hydrogen-bond donors (Lipinski definition) is 2. The Bertz CT molecular complexity index is 405. The third-order valence-corrected chi connectivity index (χ3v) is 3.83. The summed E-state index contributed by atoms with van der Waals surface area (Å²) in [6, 6.07) is 7.16. The average molecular weight is 232 g/mol. The lowest BCUT2D eigenvalue weighted by Gasteiger charge is -2.22. The van der Waals surface area contributed by atoms with Crippen molar-refractivity contribution >= 4 is 5.69 Å². The molecule has 0 amide bonds. The number of fused-ring (bicyclic) bond motifs is 1. The van der Waals surface area contributed by atoms with Crippen molar-refractivity contribution in [2.24, 2.45) is 5.73 Å². The minimum atomic E-state index is 0.308. The Balaban J connectivity index is 1.75. The SMILES string of the molecule is NC1CCCC1Nc1ccc2c(c1)CCCO2. The molecule has 1 heterocycles. The van der Waals surface area contributed by atoms with Crippen molar-refractivity contribution in [3.05, 3.63) is 23.8 Å². The first-order valence-corrected chi connectivity index (χ1v) is 6.61. The second-order valence-corrected chi connectivity index (χ2v) is 5.12. The number of nitrogens with one attached hydrogen (secondary N) is 1. The molecule has 0 spiro atoms. The van der Waals surface area contributed by atoms with Crippen LogP contribution in [0.3, 0.4) is 0 Å². The van der Waals surface area contributed by atoms with Crippen molar-refractivity contribution in [1.82, 2.24) is 0 Å². The van der Waals surface area contributed by atoms with Crippen molar-refractivity contribution in [2.75, 3.05) is 11.9 Å². The van der Waals surface area contributed by atoms with Gasteiger partial charge in [-0.05, 0) is 55.9 Å². The molecule has 2 unspecified atom stereocenters. The van der Waals surface area contributed by atoms with Gasteiger partial charge in [0.1, 0.15) is 5.75 Å². The Kier molecular flexibility index (Phi) is 2.93. The molecule has 92 valence electrons. The van der Waals surface area contributed by atoms with Gasteiger partial charge >= 0.3 is 0 Å². The van der Waals surface area contributed by atoms with E-state index in [0.717, 1.165) is 31.6 Å². The Morgan fingerprint density at radius 2 is 2.18 bits per heavy atom. The van der Waals surface area contributed by atoms with Crippen LogP contribution in [0.4, 0.5) is 5.69 Å². The van der Waals surface area contributed by atoms with Crippen LogP contribution in [0.5, 0.6) is 5.75 Å². The van der Waals surface area contributed by atoms with Crippen LogP contribution in [0.15, 0.2) is 18.2 Å². The molecule has 1 aliphatic heterocycles. The summed E-state index contributed by atoms with van der Waals surface area (Å²) < 4.78 is 5.62. The Labute approximate surface area is 102 Å². The van der Waals surface area contributed by atoms with Gasteiger partial charge in [0.15, 0.2) is 0 Å². The van der Waals surface area contributed by atoms with Crippen LogP contribution in [0.2, 0.25) is 0 Å². The molecule has 0 aromatic heterocycles. The molecular formula is C14H20N2O. The molecule has 1 aliphatic carbocycles. The summed E-state index contributed by atoms with van der Waals surface area (Å²) in [6.45, 7) is 0.854. The van der Waals surface area contributed by atoms with E-state index in [2.05, 4.69) is 23.5 Å². The van der Waals surface area contributed by atoms with Crippen LogP contribution in [-0.4, -0.2) is 18.7 Å². The van der Waals surface area contributed by atoms with Crippen molar-refractivity contribution in [2.45, 2.75) is 44.2 Å². The summed E-state index contributed by atoms with van der Waals surface area (Å²) in [5.41, 5.74) is 8.60. The third kappa shape index (κ3) is 2.25. The maximum absolute atomic E-state index is 6.08. The predicted octanol–water partition coefficient (Wildman–Crippen LogP) is 2.30. The van der Waals surface area contributed by atoms with Gasteiger partial charge in [0, 0.05) is 17.8 Å². The van der Waals surface area contributed by atoms with Crippen molar-refractivity contribution in [3.63, 3.8) is 0 Å². The zero-order valence-corrected chi connectivity index (χ0v) is 10.1. The number of benzene rings is 1. The van der Waals surface area contributed by atoms with Gasteiger partial charge in [-0.2, -0.15) is 0 Å². The molecule has 1 aromatic carbocycles. The van der Waals surface area contributed by atoms with Crippen LogP contribution in [0.25, 0.3) is 0 Å². The lowest BCUT2D eigenvalue weighted by atomic mass is 10.0. The summed E-state index contributed by atoms with van der Waals surface area (Å²) in [4.78, 5) is 0. The second-order valence-electron chi connectivity index (χ2n) is 5.12. The number of nitrogens with two attached hydrogens (primary N) is 1. The van der Waals surface area contributed by atoms with E-state index in [4.69, 9.17) is 10.5 Å². The highest BCUT2D eigenvalue weighted by atomic mass is 16.5. The van der Waals surface area contributed by atoms with Gasteiger partial charge in [-0.1, -0.05) is 0 Å². The van der Waals surface area contributed by atoms with Gasteiger partial charge in [0.25, 0.3) is 0 Å². The molecule has 0 radical (unpaired) electrons. The standard InChI is InChI=1S/C14H20N2O/c15-12-4-1-5-13(12)16-11-6-7-14-10(9-11)3-2-8-17-14/h6-7,9,12-13,16H,1-5,8,15H2. The first-order valence-electron chi connectivity index (χ1n) is 6.61. The lowest BCUT2D eigenvalue weighted by Crippen LogP contribution is -2.35. The number of hydrogen-bond acceptors (Lipinski definition) is 3. The molecular weight excluding hydrogens is 212 g/mol. The Morgan fingerprint density at radius 3 is 3.00 bits per heavy atom. The van der Waals surface area contributed by atoms with Crippen LogP contribution in [-0.2, 0) is 6.42 Å². The van der Waals surface area contributed by atoms with E-state index < -0.39 is 0 Å². The highest BCUT2D eigenvalue weighted by Gasteiger charge is 2.23. The fourth-order valence-corrected chi connectivity index (χ4v) is 2.83. The summed E-state index contributed by atoms with van der Waals surface area (Å²) in [6.07, 6.45) is 5.83. The first-order chi connectivity index (χ1) is 8.33. The molecule has 3 rings (SSSR count). The van der Waals surface area contributed by atoms with Gasteiger partial charge in [0.05, 0.1) is 6.61 Å². The van der Waals surface area contributed by atoms with Crippen molar-refractivity contribution < 1.29 is 4.74 Å². The number of ether oxygens (including phenoxy) is 1. The number of anilines is 1. The molecule has 3 nitrogen and oxygen atoms in total. The van der Waals surface area contributed by atoms with E-state index in [9.17, 15) is 0 Å². The summed E-state index contributed by atoms with van der Waals surface area (Å²) in [5, 5.41) is 3.56. The normalized spacial score (nSPS) is 27.4. The summed E-state index contributed by atoms with van der Waals surface area (Å²) in [7, 11) is 0. The van der Waals surface area contributed by atoms with E-state index in [0.29, 0.717) is 12.1 Å². The molecule has 0 saturated heterocycles. The molecule has 1 fully saturated rings. The minimum Gasteiger partial charge on any atom is -0.493 e. The van der Waals surface area contributed by atoms with E-state index in [1.54, 1.807) is 0 Å². The zero-order chi connectivity index (χ0) is 11.7. The molecule has 2 atom stereocenters. The van der Waals surface area contributed by atoms with E-state index in [-0.39, 0.29) is 0 Å². The van der Waals surface area contributed by atoms with Gasteiger partial charge in [0.2, 0.25) is 0 Å². The van der Waals surface area contributed by atoms with Gasteiger partial charge < -0.3 is 15.8 Å². The maximum Gasteiger partial charge on any atom is 0.122 e. The highest BCUT2D eigenvalue weighted by molar-refractivity contribution is 5.52. The van der Waals surface area contributed by atoms with Crippen LogP contribution >= 0.6 is 0 Å². The Hall–Kier alpha value is -1.22. The fraction of sp³-hybridized carbons (Fsp3) is 0.571. The van der Waals surface area contributed by atoms with Crippen LogP contribution in [0.1, 0.15) is 31.2 Å². The van der Waals surface area contributed by atoms with Crippen LogP contribution in [0, 0.1) is 0 Å². The predicted molar refractivity (Wildman–Crippen MR) is 69.5 cm³/mol.